The second-order valence-electron chi connectivity index (χ2n) is 4.07. The average Bonchev–Trinajstić information content (AvgIpc) is 2.46. The fourth-order valence-corrected chi connectivity index (χ4v) is 1.58. The van der Waals surface area contributed by atoms with Crippen molar-refractivity contribution in [3.05, 3.63) is 54.6 Å². The number of para-hydroxylation sites is 1. The Labute approximate surface area is 111 Å². The Morgan fingerprint density at radius 1 is 1.11 bits per heavy atom. The van der Waals surface area contributed by atoms with Gasteiger partial charge in [0, 0.05) is 12.7 Å². The third-order valence-corrected chi connectivity index (χ3v) is 2.72. The van der Waals surface area contributed by atoms with Gasteiger partial charge in [-0.1, -0.05) is 18.2 Å². The summed E-state index contributed by atoms with van der Waals surface area (Å²) in [5.74, 6) is 0.676. The minimum absolute atomic E-state index is 0.0264. The van der Waals surface area contributed by atoms with Gasteiger partial charge in [-0.2, -0.15) is 0 Å². The van der Waals surface area contributed by atoms with Crippen LogP contribution in [-0.4, -0.2) is 24.7 Å². The number of nitrogens with zero attached hydrogens (tertiary/aromatic N) is 1. The number of benzene rings is 2. The van der Waals surface area contributed by atoms with Gasteiger partial charge in [0.05, 0.1) is 0 Å². The molecule has 0 radical (unpaired) electrons. The third kappa shape index (κ3) is 3.48. The number of anilines is 1. The lowest BCUT2D eigenvalue weighted by Crippen LogP contribution is -2.31. The number of ether oxygens (including phenoxy) is 1. The molecule has 1 amide bonds. The second-order valence-corrected chi connectivity index (χ2v) is 4.07. The van der Waals surface area contributed by atoms with Gasteiger partial charge in [-0.3, -0.25) is 4.79 Å². The van der Waals surface area contributed by atoms with Crippen molar-refractivity contribution in [2.24, 2.45) is 0 Å². The molecule has 1 N–H and O–H groups in total. The number of rotatable bonds is 4. The molecule has 0 aliphatic carbocycles. The van der Waals surface area contributed by atoms with Crippen molar-refractivity contribution in [2.45, 2.75) is 0 Å². The van der Waals surface area contributed by atoms with Crippen molar-refractivity contribution < 1.29 is 14.6 Å². The summed E-state index contributed by atoms with van der Waals surface area (Å²) in [6.45, 7) is -0.0264. The van der Waals surface area contributed by atoms with Crippen molar-refractivity contribution in [1.82, 2.24) is 0 Å². The maximum Gasteiger partial charge on any atom is 0.264 e. The van der Waals surface area contributed by atoms with Crippen LogP contribution < -0.4 is 9.64 Å². The van der Waals surface area contributed by atoms with Crippen LogP contribution in [0, 0.1) is 0 Å². The summed E-state index contributed by atoms with van der Waals surface area (Å²) < 4.78 is 5.39. The predicted octanol–water partition coefficient (Wildman–Crippen LogP) is 2.43. The molecule has 0 fully saturated rings. The van der Waals surface area contributed by atoms with Crippen LogP contribution in [-0.2, 0) is 4.79 Å². The summed E-state index contributed by atoms with van der Waals surface area (Å²) in [5.41, 5.74) is 0.708. The van der Waals surface area contributed by atoms with Crippen molar-refractivity contribution in [1.29, 1.82) is 0 Å². The van der Waals surface area contributed by atoms with Gasteiger partial charge in [-0.25, -0.2) is 0 Å². The molecule has 0 aliphatic heterocycles. The van der Waals surface area contributed by atoms with E-state index in [-0.39, 0.29) is 18.3 Å². The van der Waals surface area contributed by atoms with Crippen LogP contribution in [0.15, 0.2) is 54.6 Å². The largest absolute Gasteiger partial charge is 0.508 e. The van der Waals surface area contributed by atoms with Gasteiger partial charge in [0.1, 0.15) is 11.5 Å². The summed E-state index contributed by atoms with van der Waals surface area (Å²) >= 11 is 0. The molecule has 0 saturated carbocycles. The molecule has 4 heteroatoms. The van der Waals surface area contributed by atoms with Crippen LogP contribution in [0.1, 0.15) is 0 Å². The van der Waals surface area contributed by atoms with Crippen LogP contribution in [0.3, 0.4) is 0 Å². The molecule has 0 unspecified atom stereocenters. The van der Waals surface area contributed by atoms with Crippen LogP contribution in [0.5, 0.6) is 11.5 Å². The number of likely N-dealkylation sites (N-methyl/N-ethyl adjacent to an activating group) is 1. The smallest absolute Gasteiger partial charge is 0.264 e. The van der Waals surface area contributed by atoms with E-state index in [9.17, 15) is 9.90 Å². The van der Waals surface area contributed by atoms with E-state index < -0.39 is 0 Å². The average molecular weight is 257 g/mol. The Morgan fingerprint density at radius 3 is 2.37 bits per heavy atom. The van der Waals surface area contributed by atoms with E-state index in [4.69, 9.17) is 4.74 Å². The van der Waals surface area contributed by atoms with Gasteiger partial charge >= 0.3 is 0 Å². The number of aromatic hydroxyl groups is 1. The first-order valence-electron chi connectivity index (χ1n) is 5.90. The van der Waals surface area contributed by atoms with E-state index in [2.05, 4.69) is 0 Å². The van der Waals surface area contributed by atoms with Crippen LogP contribution in [0.25, 0.3) is 0 Å². The molecule has 4 nitrogen and oxygen atoms in total. The first-order valence-corrected chi connectivity index (χ1v) is 5.90. The number of hydrogen-bond acceptors (Lipinski definition) is 3. The summed E-state index contributed by atoms with van der Waals surface area (Å²) in [6.07, 6.45) is 0. The number of amides is 1. The van der Waals surface area contributed by atoms with Crippen LogP contribution in [0.2, 0.25) is 0 Å². The maximum atomic E-state index is 11.9. The van der Waals surface area contributed by atoms with Gasteiger partial charge in [0.15, 0.2) is 6.61 Å². The molecule has 0 heterocycles. The molecule has 0 aliphatic rings. The highest BCUT2D eigenvalue weighted by atomic mass is 16.5. The van der Waals surface area contributed by atoms with E-state index in [1.807, 2.05) is 18.2 Å². The molecular formula is C15H15NO3. The first kappa shape index (κ1) is 13.0. The zero-order valence-corrected chi connectivity index (χ0v) is 10.6. The fraction of sp³-hybridized carbons (Fsp3) is 0.133. The normalized spacial score (nSPS) is 9.95. The Bertz CT molecular complexity index is 537. The van der Waals surface area contributed by atoms with Gasteiger partial charge in [0.25, 0.3) is 5.91 Å². The van der Waals surface area contributed by atoms with Crippen molar-refractivity contribution in [3.8, 4) is 11.5 Å². The predicted molar refractivity (Wildman–Crippen MR) is 73.5 cm³/mol. The maximum absolute atomic E-state index is 11.9. The van der Waals surface area contributed by atoms with E-state index in [1.165, 1.54) is 17.0 Å². The highest BCUT2D eigenvalue weighted by Crippen LogP contribution is 2.17. The van der Waals surface area contributed by atoms with E-state index >= 15 is 0 Å². The molecule has 2 aromatic rings. The molecule has 2 rings (SSSR count). The van der Waals surface area contributed by atoms with Gasteiger partial charge in [-0.05, 0) is 36.4 Å². The Kier molecular flexibility index (Phi) is 4.03. The van der Waals surface area contributed by atoms with Gasteiger partial charge in [-0.15, -0.1) is 0 Å². The SMILES string of the molecule is CN(C(=O)COc1ccccc1)c1ccc(O)cc1. The topological polar surface area (TPSA) is 49.8 Å². The highest BCUT2D eigenvalue weighted by molar-refractivity contribution is 5.93. The molecule has 0 spiro atoms. The Hall–Kier alpha value is -2.49. The Balaban J connectivity index is 1.94. The number of carbonyl (C=O) groups is 1. The molecule has 0 aromatic heterocycles. The summed E-state index contributed by atoms with van der Waals surface area (Å²) in [7, 11) is 1.67. The molecular weight excluding hydrogens is 242 g/mol. The summed E-state index contributed by atoms with van der Waals surface area (Å²) in [4.78, 5) is 13.4. The van der Waals surface area contributed by atoms with Gasteiger partial charge in [0.2, 0.25) is 0 Å². The number of phenols is 1. The van der Waals surface area contributed by atoms with Crippen molar-refractivity contribution in [3.63, 3.8) is 0 Å². The zero-order chi connectivity index (χ0) is 13.7. The number of hydrogen-bond donors (Lipinski definition) is 1. The minimum Gasteiger partial charge on any atom is -0.508 e. The van der Waals surface area contributed by atoms with Crippen molar-refractivity contribution >= 4 is 11.6 Å². The molecule has 2 aromatic carbocycles. The summed E-state index contributed by atoms with van der Waals surface area (Å²) in [5, 5.41) is 9.20. The first-order chi connectivity index (χ1) is 9.16. The lowest BCUT2D eigenvalue weighted by molar-refractivity contribution is -0.120. The molecule has 0 saturated heterocycles. The van der Waals surface area contributed by atoms with E-state index in [0.717, 1.165) is 0 Å². The van der Waals surface area contributed by atoms with Crippen LogP contribution in [0.4, 0.5) is 5.69 Å². The highest BCUT2D eigenvalue weighted by Gasteiger charge is 2.11. The zero-order valence-electron chi connectivity index (χ0n) is 10.6. The van der Waals surface area contributed by atoms with Crippen molar-refractivity contribution in [2.75, 3.05) is 18.6 Å². The second kappa shape index (κ2) is 5.91. The molecule has 0 atom stereocenters. The third-order valence-electron chi connectivity index (χ3n) is 2.72. The minimum atomic E-state index is -0.158. The monoisotopic (exact) mass is 257 g/mol. The molecule has 19 heavy (non-hydrogen) atoms. The Morgan fingerprint density at radius 2 is 1.74 bits per heavy atom. The van der Waals surface area contributed by atoms with Gasteiger partial charge < -0.3 is 14.7 Å². The van der Waals surface area contributed by atoms with E-state index in [1.54, 1.807) is 31.3 Å². The standard InChI is InChI=1S/C15H15NO3/c1-16(12-7-9-13(17)10-8-12)15(18)11-19-14-5-3-2-4-6-14/h2-10,17H,11H2,1H3. The quantitative estimate of drug-likeness (QED) is 0.915. The fourth-order valence-electron chi connectivity index (χ4n) is 1.58. The van der Waals surface area contributed by atoms with Crippen LogP contribution >= 0.6 is 0 Å². The molecule has 0 bridgehead atoms. The number of phenolic OH excluding ortho intramolecular Hbond substituents is 1. The lowest BCUT2D eigenvalue weighted by Gasteiger charge is -2.17. The number of carbonyl (C=O) groups excluding carboxylic acids is 1. The van der Waals surface area contributed by atoms with E-state index in [0.29, 0.717) is 11.4 Å². The summed E-state index contributed by atoms with van der Waals surface area (Å²) in [6, 6.07) is 15.6. The lowest BCUT2D eigenvalue weighted by atomic mass is 10.3. The molecule has 98 valence electrons.